The van der Waals surface area contributed by atoms with Crippen molar-refractivity contribution in [1.29, 1.82) is 0 Å². The smallest absolute Gasteiger partial charge is 0.343 e. The molecule has 0 radical (unpaired) electrons. The molecule has 0 aromatic heterocycles. The zero-order valence-corrected chi connectivity index (χ0v) is 20.1. The van der Waals surface area contributed by atoms with Crippen LogP contribution in [0.4, 0.5) is 0 Å². The fourth-order valence-corrected chi connectivity index (χ4v) is 3.70. The summed E-state index contributed by atoms with van der Waals surface area (Å²) >= 11 is 0. The first kappa shape index (κ1) is 26.4. The predicted molar refractivity (Wildman–Crippen MR) is 137 cm³/mol. The molecule has 1 atom stereocenters. The van der Waals surface area contributed by atoms with Gasteiger partial charge < -0.3 is 25.0 Å². The maximum absolute atomic E-state index is 12.2. The van der Waals surface area contributed by atoms with E-state index in [-0.39, 0.29) is 11.5 Å². The molecule has 0 bridgehead atoms. The van der Waals surface area contributed by atoms with Crippen molar-refractivity contribution >= 4 is 5.97 Å². The van der Waals surface area contributed by atoms with E-state index in [0.717, 1.165) is 51.9 Å². The Hall–Kier alpha value is -3.19. The van der Waals surface area contributed by atoms with Crippen LogP contribution in [0.25, 0.3) is 0 Å². The maximum atomic E-state index is 12.2. The van der Waals surface area contributed by atoms with Crippen LogP contribution < -0.4 is 10.1 Å². The molecule has 0 saturated heterocycles. The molecule has 3 aromatic rings. The Balaban J connectivity index is 1.27. The van der Waals surface area contributed by atoms with Crippen LogP contribution >= 0.6 is 0 Å². The summed E-state index contributed by atoms with van der Waals surface area (Å²) in [4.78, 5) is 12.2. The van der Waals surface area contributed by atoms with Crippen LogP contribution in [-0.4, -0.2) is 42.5 Å². The minimum atomic E-state index is -0.825. The highest BCUT2D eigenvalue weighted by Crippen LogP contribution is 2.26. The van der Waals surface area contributed by atoms with Gasteiger partial charge in [-0.3, -0.25) is 0 Å². The number of hydrogen-bond acceptors (Lipinski definition) is 6. The van der Waals surface area contributed by atoms with Crippen molar-refractivity contribution in [2.24, 2.45) is 0 Å². The van der Waals surface area contributed by atoms with E-state index in [4.69, 9.17) is 9.47 Å². The van der Waals surface area contributed by atoms with Gasteiger partial charge in [-0.2, -0.15) is 0 Å². The number of benzene rings is 3. The van der Waals surface area contributed by atoms with Gasteiger partial charge in [-0.25, -0.2) is 4.79 Å². The van der Waals surface area contributed by atoms with Crippen molar-refractivity contribution in [2.45, 2.75) is 38.2 Å². The zero-order chi connectivity index (χ0) is 24.7. The molecule has 1 unspecified atom stereocenters. The Kier molecular flexibility index (Phi) is 11.3. The molecule has 3 rings (SSSR count). The molecule has 0 aliphatic heterocycles. The van der Waals surface area contributed by atoms with Gasteiger partial charge in [0.1, 0.15) is 11.5 Å². The predicted octanol–water partition coefficient (Wildman–Crippen LogP) is 5.05. The molecule has 0 saturated carbocycles. The number of aromatic hydroxyl groups is 1. The molecule has 3 aromatic carbocycles. The number of phenols is 1. The molecular weight excluding hydrogens is 442 g/mol. The van der Waals surface area contributed by atoms with E-state index in [1.54, 1.807) is 30.3 Å². The molecule has 0 amide bonds. The van der Waals surface area contributed by atoms with Crippen molar-refractivity contribution in [3.63, 3.8) is 0 Å². The lowest BCUT2D eigenvalue weighted by molar-refractivity contribution is 0.0733. The minimum Gasteiger partial charge on any atom is -0.508 e. The van der Waals surface area contributed by atoms with E-state index >= 15 is 0 Å². The molecule has 0 aliphatic carbocycles. The van der Waals surface area contributed by atoms with Gasteiger partial charge >= 0.3 is 5.97 Å². The number of phenolic OH excluding ortho intramolecular Hbond substituents is 1. The number of esters is 1. The summed E-state index contributed by atoms with van der Waals surface area (Å²) in [6, 6.07) is 23.4. The third kappa shape index (κ3) is 9.91. The van der Waals surface area contributed by atoms with Gasteiger partial charge in [0.15, 0.2) is 0 Å². The third-order valence-electron chi connectivity index (χ3n) is 5.63. The summed E-state index contributed by atoms with van der Waals surface area (Å²) in [6.45, 7) is 2.68. The lowest BCUT2D eigenvalue weighted by Crippen LogP contribution is -2.22. The number of rotatable bonds is 15. The Labute approximate surface area is 207 Å². The number of aliphatic hydroxyl groups excluding tert-OH is 1. The average molecular weight is 478 g/mol. The van der Waals surface area contributed by atoms with Crippen LogP contribution in [0.2, 0.25) is 0 Å². The summed E-state index contributed by atoms with van der Waals surface area (Å²) in [7, 11) is 0. The molecule has 6 heteroatoms. The van der Waals surface area contributed by atoms with Crippen molar-refractivity contribution in [3.05, 3.63) is 95.6 Å². The van der Waals surface area contributed by atoms with Crippen LogP contribution in [0.5, 0.6) is 11.5 Å². The van der Waals surface area contributed by atoms with Crippen LogP contribution in [0.3, 0.4) is 0 Å². The highest BCUT2D eigenvalue weighted by Gasteiger charge is 2.13. The number of carbonyl (C=O) groups is 1. The Bertz CT molecular complexity index is 1010. The van der Waals surface area contributed by atoms with Gasteiger partial charge in [-0.05, 0) is 61.2 Å². The lowest BCUT2D eigenvalue weighted by Gasteiger charge is -2.14. The quantitative estimate of drug-likeness (QED) is 0.161. The van der Waals surface area contributed by atoms with Gasteiger partial charge in [0.05, 0.1) is 18.3 Å². The van der Waals surface area contributed by atoms with E-state index in [2.05, 4.69) is 17.4 Å². The second-order valence-electron chi connectivity index (χ2n) is 8.50. The third-order valence-corrected chi connectivity index (χ3v) is 5.63. The van der Waals surface area contributed by atoms with E-state index in [0.29, 0.717) is 17.7 Å². The summed E-state index contributed by atoms with van der Waals surface area (Å²) in [5, 5.41) is 23.7. The summed E-state index contributed by atoms with van der Waals surface area (Å²) in [5.41, 5.74) is 2.20. The number of aliphatic hydroxyl groups is 1. The van der Waals surface area contributed by atoms with Crippen LogP contribution in [-0.2, 0) is 11.2 Å². The average Bonchev–Trinajstić information content (AvgIpc) is 2.88. The molecule has 6 nitrogen and oxygen atoms in total. The summed E-state index contributed by atoms with van der Waals surface area (Å²) in [5.74, 6) is -0.390. The molecule has 0 aliphatic rings. The molecule has 35 heavy (non-hydrogen) atoms. The van der Waals surface area contributed by atoms with Crippen LogP contribution in [0.1, 0.15) is 53.3 Å². The molecule has 0 heterocycles. The molecule has 3 N–H and O–H groups in total. The first-order chi connectivity index (χ1) is 17.1. The Morgan fingerprint density at radius 3 is 2.34 bits per heavy atom. The van der Waals surface area contributed by atoms with Gasteiger partial charge in [-0.1, -0.05) is 61.4 Å². The van der Waals surface area contributed by atoms with Gasteiger partial charge in [-0.15, -0.1) is 0 Å². The molecule has 186 valence electrons. The van der Waals surface area contributed by atoms with E-state index in [1.165, 1.54) is 17.7 Å². The summed E-state index contributed by atoms with van der Waals surface area (Å²) < 4.78 is 11.1. The van der Waals surface area contributed by atoms with Gasteiger partial charge in [0, 0.05) is 19.2 Å². The van der Waals surface area contributed by atoms with Crippen molar-refractivity contribution in [3.8, 4) is 11.5 Å². The zero-order valence-electron chi connectivity index (χ0n) is 20.1. The molecule has 0 spiro atoms. The number of carbonyl (C=O) groups excluding carboxylic acids is 1. The summed E-state index contributed by atoms with van der Waals surface area (Å²) in [6.07, 6.45) is 4.38. The fraction of sp³-hybridized carbons (Fsp3) is 0.345. The largest absolute Gasteiger partial charge is 0.508 e. The molecule has 0 fully saturated rings. The minimum absolute atomic E-state index is 0.0663. The first-order valence-corrected chi connectivity index (χ1v) is 12.2. The monoisotopic (exact) mass is 477 g/mol. The Morgan fingerprint density at radius 2 is 1.57 bits per heavy atom. The lowest BCUT2D eigenvalue weighted by atomic mass is 10.1. The maximum Gasteiger partial charge on any atom is 0.343 e. The normalized spacial score (nSPS) is 11.8. The first-order valence-electron chi connectivity index (χ1n) is 12.2. The second-order valence-corrected chi connectivity index (χ2v) is 8.50. The highest BCUT2D eigenvalue weighted by molar-refractivity contribution is 5.91. The van der Waals surface area contributed by atoms with Gasteiger partial charge in [0.25, 0.3) is 0 Å². The Morgan fingerprint density at radius 1 is 0.857 bits per heavy atom. The highest BCUT2D eigenvalue weighted by atomic mass is 16.5. The van der Waals surface area contributed by atoms with E-state index < -0.39 is 12.1 Å². The topological polar surface area (TPSA) is 88.0 Å². The SMILES string of the molecule is O=C(Oc1cc(O)cc(C(O)CNCCCCCCOCCc2ccccc2)c1)c1ccccc1. The standard InChI is InChI=1S/C29H35NO5/c31-26-19-25(20-27(21-26)35-29(33)24-13-7-4-8-14-24)28(32)22-30-16-9-1-2-10-17-34-18-15-23-11-5-3-6-12-23/h3-8,11-14,19-21,28,30-32H,1-2,9-10,15-18,22H2. The van der Waals surface area contributed by atoms with Crippen LogP contribution in [0, 0.1) is 0 Å². The van der Waals surface area contributed by atoms with Crippen molar-refractivity contribution in [1.82, 2.24) is 5.32 Å². The number of hydrogen-bond donors (Lipinski definition) is 3. The van der Waals surface area contributed by atoms with E-state index in [1.807, 2.05) is 24.3 Å². The fourth-order valence-electron chi connectivity index (χ4n) is 3.70. The van der Waals surface area contributed by atoms with Crippen LogP contribution in [0.15, 0.2) is 78.9 Å². The second kappa shape index (κ2) is 14.9. The number of unbranched alkanes of at least 4 members (excludes halogenated alkanes) is 3. The number of nitrogens with one attached hydrogen (secondary N) is 1. The molecular formula is C29H35NO5. The number of ether oxygens (including phenoxy) is 2. The van der Waals surface area contributed by atoms with Crippen molar-refractivity contribution in [2.75, 3.05) is 26.3 Å². The van der Waals surface area contributed by atoms with Gasteiger partial charge in [0.2, 0.25) is 0 Å². The van der Waals surface area contributed by atoms with E-state index in [9.17, 15) is 15.0 Å². The van der Waals surface area contributed by atoms with Crippen molar-refractivity contribution < 1.29 is 24.5 Å².